The second-order valence-electron chi connectivity index (χ2n) is 4.93. The Morgan fingerprint density at radius 3 is 2.57 bits per heavy atom. The van der Waals surface area contributed by atoms with Crippen LogP contribution >= 0.6 is 0 Å². The number of anilines is 2. The van der Waals surface area contributed by atoms with Gasteiger partial charge in [0.05, 0.1) is 11.9 Å². The van der Waals surface area contributed by atoms with Crippen molar-refractivity contribution in [2.75, 3.05) is 10.6 Å². The molecule has 6 heteroatoms. The molecule has 3 rings (SSSR count). The maximum Gasteiger partial charge on any atom is 0.255 e. The van der Waals surface area contributed by atoms with Gasteiger partial charge >= 0.3 is 0 Å². The second-order valence-corrected chi connectivity index (χ2v) is 4.93. The molecule has 0 atom stereocenters. The third kappa shape index (κ3) is 3.34. The minimum atomic E-state index is -1.05. The van der Waals surface area contributed by atoms with Gasteiger partial charge in [0.25, 0.3) is 5.91 Å². The molecule has 1 saturated carbocycles. The standard InChI is InChI=1S/C15H13F2N3O/c16-12-5-1-9(7-13(12)17)15(21)20-11-4-6-14(18-8-11)19-10-2-3-10/h1,4-8,10H,2-3H2,(H,18,19)(H,20,21). The van der Waals surface area contributed by atoms with Crippen LogP contribution in [0.3, 0.4) is 0 Å². The van der Waals surface area contributed by atoms with E-state index in [1.807, 2.05) is 0 Å². The van der Waals surface area contributed by atoms with E-state index < -0.39 is 17.5 Å². The monoisotopic (exact) mass is 289 g/mol. The van der Waals surface area contributed by atoms with Crippen molar-refractivity contribution >= 4 is 17.4 Å². The summed E-state index contributed by atoms with van der Waals surface area (Å²) < 4.78 is 25.9. The molecule has 1 aromatic heterocycles. The molecule has 2 aromatic rings. The summed E-state index contributed by atoms with van der Waals surface area (Å²) in [7, 11) is 0. The lowest BCUT2D eigenvalue weighted by Gasteiger charge is -2.07. The van der Waals surface area contributed by atoms with Crippen LogP contribution in [0.5, 0.6) is 0 Å². The summed E-state index contributed by atoms with van der Waals surface area (Å²) in [4.78, 5) is 16.1. The van der Waals surface area contributed by atoms with Crippen molar-refractivity contribution in [3.05, 3.63) is 53.7 Å². The molecule has 1 aromatic carbocycles. The Morgan fingerprint density at radius 2 is 1.95 bits per heavy atom. The van der Waals surface area contributed by atoms with E-state index in [9.17, 15) is 13.6 Å². The van der Waals surface area contributed by atoms with Crippen LogP contribution in [0.25, 0.3) is 0 Å². The average molecular weight is 289 g/mol. The number of aromatic nitrogens is 1. The molecule has 1 fully saturated rings. The van der Waals surface area contributed by atoms with Gasteiger partial charge in [-0.1, -0.05) is 0 Å². The van der Waals surface area contributed by atoms with Gasteiger partial charge in [-0.15, -0.1) is 0 Å². The number of carbonyl (C=O) groups is 1. The Kier molecular flexibility index (Phi) is 3.51. The predicted molar refractivity (Wildman–Crippen MR) is 75.2 cm³/mol. The van der Waals surface area contributed by atoms with Crippen LogP contribution in [0.15, 0.2) is 36.5 Å². The molecule has 0 unspecified atom stereocenters. The molecule has 0 spiro atoms. The molecule has 21 heavy (non-hydrogen) atoms. The zero-order chi connectivity index (χ0) is 14.8. The van der Waals surface area contributed by atoms with Crippen LogP contribution in [0.4, 0.5) is 20.3 Å². The second kappa shape index (κ2) is 5.47. The minimum Gasteiger partial charge on any atom is -0.367 e. The van der Waals surface area contributed by atoms with Gasteiger partial charge in [-0.3, -0.25) is 4.79 Å². The van der Waals surface area contributed by atoms with Crippen LogP contribution < -0.4 is 10.6 Å². The first-order chi connectivity index (χ1) is 10.1. The molecule has 1 aliphatic carbocycles. The quantitative estimate of drug-likeness (QED) is 0.909. The predicted octanol–water partition coefficient (Wildman–Crippen LogP) is 3.19. The van der Waals surface area contributed by atoms with E-state index in [1.165, 1.54) is 12.3 Å². The maximum absolute atomic E-state index is 13.1. The number of nitrogens with one attached hydrogen (secondary N) is 2. The smallest absolute Gasteiger partial charge is 0.255 e. The third-order valence-corrected chi connectivity index (χ3v) is 3.13. The Labute approximate surface area is 120 Å². The fourth-order valence-electron chi connectivity index (χ4n) is 1.83. The molecule has 108 valence electrons. The molecule has 0 aliphatic heterocycles. The molecular formula is C15H13F2N3O. The highest BCUT2D eigenvalue weighted by atomic mass is 19.2. The molecule has 2 N–H and O–H groups in total. The van der Waals surface area contributed by atoms with Crippen molar-refractivity contribution in [3.63, 3.8) is 0 Å². The van der Waals surface area contributed by atoms with E-state index in [0.29, 0.717) is 11.7 Å². The van der Waals surface area contributed by atoms with Gasteiger partial charge in [0, 0.05) is 11.6 Å². The van der Waals surface area contributed by atoms with Gasteiger partial charge in [0.1, 0.15) is 5.82 Å². The number of hydrogen-bond donors (Lipinski definition) is 2. The topological polar surface area (TPSA) is 54.0 Å². The fraction of sp³-hybridized carbons (Fsp3) is 0.200. The van der Waals surface area contributed by atoms with Crippen LogP contribution in [0.1, 0.15) is 23.2 Å². The zero-order valence-corrected chi connectivity index (χ0v) is 11.1. The van der Waals surface area contributed by atoms with E-state index in [0.717, 1.165) is 30.8 Å². The number of nitrogens with zero attached hydrogens (tertiary/aromatic N) is 1. The number of hydrogen-bond acceptors (Lipinski definition) is 3. The first-order valence-electron chi connectivity index (χ1n) is 6.61. The SMILES string of the molecule is O=C(Nc1ccc(NC2CC2)nc1)c1ccc(F)c(F)c1. The molecule has 1 heterocycles. The van der Waals surface area contributed by atoms with Crippen molar-refractivity contribution in [3.8, 4) is 0 Å². The Hall–Kier alpha value is -2.50. The number of amides is 1. The van der Waals surface area contributed by atoms with Crippen molar-refractivity contribution in [1.29, 1.82) is 0 Å². The summed E-state index contributed by atoms with van der Waals surface area (Å²) in [5.41, 5.74) is 0.542. The number of benzene rings is 1. The van der Waals surface area contributed by atoms with Crippen LogP contribution in [0.2, 0.25) is 0 Å². The summed E-state index contributed by atoms with van der Waals surface area (Å²) in [5, 5.41) is 5.81. The van der Waals surface area contributed by atoms with E-state index in [2.05, 4.69) is 15.6 Å². The van der Waals surface area contributed by atoms with Gasteiger partial charge in [-0.2, -0.15) is 0 Å². The molecule has 1 aliphatic rings. The average Bonchev–Trinajstić information content (AvgIpc) is 3.28. The summed E-state index contributed by atoms with van der Waals surface area (Å²) in [5.74, 6) is -1.80. The Morgan fingerprint density at radius 1 is 1.14 bits per heavy atom. The van der Waals surface area contributed by atoms with Gasteiger partial charge in [-0.25, -0.2) is 13.8 Å². The highest BCUT2D eigenvalue weighted by Gasteiger charge is 2.21. The highest BCUT2D eigenvalue weighted by molar-refractivity contribution is 6.04. The van der Waals surface area contributed by atoms with Crippen molar-refractivity contribution in [1.82, 2.24) is 4.98 Å². The summed E-state index contributed by atoms with van der Waals surface area (Å²) in [6.45, 7) is 0. The van der Waals surface area contributed by atoms with Crippen LogP contribution in [0, 0.1) is 11.6 Å². The lowest BCUT2D eigenvalue weighted by molar-refractivity contribution is 0.102. The molecule has 0 bridgehead atoms. The van der Waals surface area contributed by atoms with E-state index in [4.69, 9.17) is 0 Å². The zero-order valence-electron chi connectivity index (χ0n) is 11.1. The van der Waals surface area contributed by atoms with Gasteiger partial charge < -0.3 is 10.6 Å². The normalized spacial score (nSPS) is 13.8. The van der Waals surface area contributed by atoms with Gasteiger partial charge in [-0.05, 0) is 43.2 Å². The Balaban J connectivity index is 1.67. The Bertz CT molecular complexity index is 669. The number of halogens is 2. The number of rotatable bonds is 4. The molecule has 0 radical (unpaired) electrons. The first-order valence-corrected chi connectivity index (χ1v) is 6.61. The minimum absolute atomic E-state index is 0.0501. The summed E-state index contributed by atoms with van der Waals surface area (Å²) >= 11 is 0. The van der Waals surface area contributed by atoms with Crippen molar-refractivity contribution in [2.24, 2.45) is 0 Å². The molecular weight excluding hydrogens is 276 g/mol. The first kappa shape index (κ1) is 13.5. The van der Waals surface area contributed by atoms with E-state index in [1.54, 1.807) is 12.1 Å². The fourth-order valence-corrected chi connectivity index (χ4v) is 1.83. The summed E-state index contributed by atoms with van der Waals surface area (Å²) in [6, 6.07) is 6.98. The van der Waals surface area contributed by atoms with Gasteiger partial charge in [0.15, 0.2) is 11.6 Å². The van der Waals surface area contributed by atoms with Crippen molar-refractivity contribution in [2.45, 2.75) is 18.9 Å². The molecule has 1 amide bonds. The number of carbonyl (C=O) groups excluding carboxylic acids is 1. The largest absolute Gasteiger partial charge is 0.367 e. The molecule has 0 saturated heterocycles. The maximum atomic E-state index is 13.1. The van der Waals surface area contributed by atoms with Crippen molar-refractivity contribution < 1.29 is 13.6 Å². The summed E-state index contributed by atoms with van der Waals surface area (Å²) in [6.07, 6.45) is 3.81. The lowest BCUT2D eigenvalue weighted by Crippen LogP contribution is -2.13. The lowest BCUT2D eigenvalue weighted by atomic mass is 10.2. The van der Waals surface area contributed by atoms with E-state index in [-0.39, 0.29) is 5.56 Å². The number of pyridine rings is 1. The molecule has 4 nitrogen and oxygen atoms in total. The third-order valence-electron chi connectivity index (χ3n) is 3.13. The van der Waals surface area contributed by atoms with E-state index >= 15 is 0 Å². The van der Waals surface area contributed by atoms with Gasteiger partial charge in [0.2, 0.25) is 0 Å². The van der Waals surface area contributed by atoms with Crippen LogP contribution in [-0.2, 0) is 0 Å². The highest BCUT2D eigenvalue weighted by Crippen LogP contribution is 2.24. The van der Waals surface area contributed by atoms with Crippen LogP contribution in [-0.4, -0.2) is 16.9 Å².